The first kappa shape index (κ1) is 16.8. The number of benzene rings is 1. The molecular formula is C17H25NO4. The maximum Gasteiger partial charge on any atom is 0.407 e. The van der Waals surface area contributed by atoms with Gasteiger partial charge in [0, 0.05) is 13.2 Å². The number of aryl methyl sites for hydroxylation is 1. The van der Waals surface area contributed by atoms with Crippen LogP contribution in [0.2, 0.25) is 0 Å². The van der Waals surface area contributed by atoms with Crippen molar-refractivity contribution in [2.24, 2.45) is 0 Å². The van der Waals surface area contributed by atoms with Gasteiger partial charge in [-0.25, -0.2) is 4.79 Å². The summed E-state index contributed by atoms with van der Waals surface area (Å²) >= 11 is 0. The number of alkyl carbamates (subject to hydrolysis) is 1. The Labute approximate surface area is 131 Å². The van der Waals surface area contributed by atoms with Gasteiger partial charge in [0.05, 0.1) is 0 Å². The van der Waals surface area contributed by atoms with Gasteiger partial charge in [-0.15, -0.1) is 0 Å². The number of hydrogen-bond donors (Lipinski definition) is 1. The third-order valence-electron chi connectivity index (χ3n) is 3.76. The number of ether oxygens (including phenoxy) is 3. The lowest BCUT2D eigenvalue weighted by Crippen LogP contribution is -2.34. The SMILES string of the molecule is CCC(OC(=O)NC1CC1)C(OCOC)c1ccccc1C. The van der Waals surface area contributed by atoms with Gasteiger partial charge in [0.2, 0.25) is 0 Å². The van der Waals surface area contributed by atoms with E-state index in [9.17, 15) is 4.79 Å². The third-order valence-corrected chi connectivity index (χ3v) is 3.76. The Morgan fingerprint density at radius 2 is 2.09 bits per heavy atom. The van der Waals surface area contributed by atoms with Crippen molar-refractivity contribution < 1.29 is 19.0 Å². The number of hydrogen-bond acceptors (Lipinski definition) is 4. The summed E-state index contributed by atoms with van der Waals surface area (Å²) in [6, 6.07) is 8.24. The van der Waals surface area contributed by atoms with Gasteiger partial charge in [0.15, 0.2) is 0 Å². The van der Waals surface area contributed by atoms with Crippen molar-refractivity contribution in [1.82, 2.24) is 5.32 Å². The number of carbonyl (C=O) groups is 1. The van der Waals surface area contributed by atoms with Gasteiger partial charge in [-0.2, -0.15) is 0 Å². The Morgan fingerprint density at radius 1 is 1.36 bits per heavy atom. The first-order valence-electron chi connectivity index (χ1n) is 7.79. The monoisotopic (exact) mass is 307 g/mol. The maximum atomic E-state index is 11.9. The molecule has 5 nitrogen and oxygen atoms in total. The van der Waals surface area contributed by atoms with Gasteiger partial charge >= 0.3 is 6.09 Å². The van der Waals surface area contributed by atoms with Crippen molar-refractivity contribution in [3.63, 3.8) is 0 Å². The van der Waals surface area contributed by atoms with Crippen LogP contribution in [0.4, 0.5) is 4.79 Å². The summed E-state index contributed by atoms with van der Waals surface area (Å²) in [7, 11) is 1.58. The third kappa shape index (κ3) is 4.71. The molecular weight excluding hydrogens is 282 g/mol. The Balaban J connectivity index is 2.10. The second kappa shape index (κ2) is 8.15. The molecule has 0 spiro atoms. The summed E-state index contributed by atoms with van der Waals surface area (Å²) in [6.07, 6.45) is 1.68. The first-order chi connectivity index (χ1) is 10.7. The number of rotatable bonds is 8. The molecule has 1 fully saturated rings. The molecule has 1 amide bonds. The van der Waals surface area contributed by atoms with Crippen LogP contribution in [0, 0.1) is 6.92 Å². The van der Waals surface area contributed by atoms with Crippen molar-refractivity contribution in [2.45, 2.75) is 51.4 Å². The van der Waals surface area contributed by atoms with Crippen LogP contribution in [0.15, 0.2) is 24.3 Å². The van der Waals surface area contributed by atoms with E-state index in [0.717, 1.165) is 24.0 Å². The number of carbonyl (C=O) groups excluding carboxylic acids is 1. The lowest BCUT2D eigenvalue weighted by atomic mass is 9.98. The van der Waals surface area contributed by atoms with E-state index in [1.807, 2.05) is 38.1 Å². The van der Waals surface area contributed by atoms with Crippen LogP contribution in [-0.2, 0) is 14.2 Å². The van der Waals surface area contributed by atoms with Gasteiger partial charge in [0.1, 0.15) is 19.0 Å². The molecule has 1 saturated carbocycles. The molecule has 0 saturated heterocycles. The predicted octanol–water partition coefficient (Wildman–Crippen LogP) is 3.32. The van der Waals surface area contributed by atoms with E-state index in [-0.39, 0.29) is 31.1 Å². The zero-order valence-electron chi connectivity index (χ0n) is 13.5. The summed E-state index contributed by atoms with van der Waals surface area (Å²) in [6.45, 7) is 4.16. The molecule has 22 heavy (non-hydrogen) atoms. The minimum absolute atomic E-state index is 0.156. The fraction of sp³-hybridized carbons (Fsp3) is 0.588. The Kier molecular flexibility index (Phi) is 6.21. The molecule has 0 bridgehead atoms. The fourth-order valence-corrected chi connectivity index (χ4v) is 2.37. The van der Waals surface area contributed by atoms with E-state index in [4.69, 9.17) is 14.2 Å². The van der Waals surface area contributed by atoms with Crippen molar-refractivity contribution in [1.29, 1.82) is 0 Å². The lowest BCUT2D eigenvalue weighted by molar-refractivity contribution is -0.116. The fourth-order valence-electron chi connectivity index (χ4n) is 2.37. The smallest absolute Gasteiger partial charge is 0.407 e. The standard InChI is InChI=1S/C17H25NO4/c1-4-15(22-17(19)18-13-9-10-13)16(21-11-20-3)14-8-6-5-7-12(14)2/h5-8,13,15-16H,4,9-11H2,1-3H3,(H,18,19). The second-order valence-corrected chi connectivity index (χ2v) is 5.62. The van der Waals surface area contributed by atoms with E-state index in [1.165, 1.54) is 0 Å². The Bertz CT molecular complexity index is 487. The zero-order valence-corrected chi connectivity index (χ0v) is 13.5. The van der Waals surface area contributed by atoms with E-state index in [1.54, 1.807) is 7.11 Å². The molecule has 1 N–H and O–H groups in total. The van der Waals surface area contributed by atoms with Gasteiger partial charge in [-0.05, 0) is 37.3 Å². The summed E-state index contributed by atoms with van der Waals surface area (Å²) in [4.78, 5) is 11.9. The maximum absolute atomic E-state index is 11.9. The van der Waals surface area contributed by atoms with Crippen LogP contribution in [0.25, 0.3) is 0 Å². The van der Waals surface area contributed by atoms with E-state index < -0.39 is 0 Å². The topological polar surface area (TPSA) is 56.8 Å². The van der Waals surface area contributed by atoms with Crippen molar-refractivity contribution >= 4 is 6.09 Å². The molecule has 0 aromatic heterocycles. The van der Waals surface area contributed by atoms with E-state index >= 15 is 0 Å². The highest BCUT2D eigenvalue weighted by molar-refractivity contribution is 5.68. The molecule has 1 aliphatic rings. The highest BCUT2D eigenvalue weighted by Crippen LogP contribution is 2.28. The molecule has 2 unspecified atom stereocenters. The van der Waals surface area contributed by atoms with Crippen molar-refractivity contribution in [2.75, 3.05) is 13.9 Å². The van der Waals surface area contributed by atoms with Crippen molar-refractivity contribution in [3.05, 3.63) is 35.4 Å². The average molecular weight is 307 g/mol. The minimum Gasteiger partial charge on any atom is -0.443 e. The van der Waals surface area contributed by atoms with E-state index in [2.05, 4.69) is 5.32 Å². The molecule has 1 aromatic rings. The van der Waals surface area contributed by atoms with Crippen LogP contribution in [0.1, 0.15) is 43.4 Å². The zero-order chi connectivity index (χ0) is 15.9. The van der Waals surface area contributed by atoms with Gasteiger partial charge < -0.3 is 19.5 Å². The lowest BCUT2D eigenvalue weighted by Gasteiger charge is -2.27. The van der Waals surface area contributed by atoms with E-state index in [0.29, 0.717) is 6.42 Å². The summed E-state index contributed by atoms with van der Waals surface area (Å²) < 4.78 is 16.4. The molecule has 0 aliphatic heterocycles. The molecule has 0 heterocycles. The molecule has 2 atom stereocenters. The van der Waals surface area contributed by atoms with Crippen LogP contribution in [0.3, 0.4) is 0 Å². The highest BCUT2D eigenvalue weighted by atomic mass is 16.7. The Hall–Kier alpha value is -1.59. The van der Waals surface area contributed by atoms with Gasteiger partial charge in [0.25, 0.3) is 0 Å². The quantitative estimate of drug-likeness (QED) is 0.749. The van der Waals surface area contributed by atoms with Crippen LogP contribution >= 0.6 is 0 Å². The summed E-state index contributed by atoms with van der Waals surface area (Å²) in [5.74, 6) is 0. The van der Waals surface area contributed by atoms with Crippen molar-refractivity contribution in [3.8, 4) is 0 Å². The van der Waals surface area contributed by atoms with Crippen LogP contribution in [0.5, 0.6) is 0 Å². The first-order valence-corrected chi connectivity index (χ1v) is 7.79. The highest BCUT2D eigenvalue weighted by Gasteiger charge is 2.30. The Morgan fingerprint density at radius 3 is 2.68 bits per heavy atom. The number of methoxy groups -OCH3 is 1. The summed E-state index contributed by atoms with van der Waals surface area (Å²) in [5, 5.41) is 2.85. The second-order valence-electron chi connectivity index (χ2n) is 5.62. The minimum atomic E-state index is -0.367. The molecule has 0 radical (unpaired) electrons. The molecule has 1 aliphatic carbocycles. The average Bonchev–Trinajstić information content (AvgIpc) is 3.31. The predicted molar refractivity (Wildman–Crippen MR) is 83.6 cm³/mol. The normalized spacial score (nSPS) is 16.9. The number of amides is 1. The van der Waals surface area contributed by atoms with Crippen LogP contribution < -0.4 is 5.32 Å². The van der Waals surface area contributed by atoms with Gasteiger partial charge in [-0.1, -0.05) is 31.2 Å². The largest absolute Gasteiger partial charge is 0.443 e. The summed E-state index contributed by atoms with van der Waals surface area (Å²) in [5.41, 5.74) is 2.12. The number of nitrogens with one attached hydrogen (secondary N) is 1. The molecule has 2 rings (SSSR count). The van der Waals surface area contributed by atoms with Crippen LogP contribution in [-0.4, -0.2) is 32.1 Å². The molecule has 1 aromatic carbocycles. The van der Waals surface area contributed by atoms with Gasteiger partial charge in [-0.3, -0.25) is 0 Å². The molecule has 5 heteroatoms. The molecule has 122 valence electrons.